The first-order valence-corrected chi connectivity index (χ1v) is 13.5. The SMILES string of the molecule is COc1ccc(C(=O)c2c(O)cc(O)c([C@@H]3O[C@H](CO)[C@@H](OC(=O)C=Cc4cc(O)c(O)c(OC)c4)[C@H](O)[C@H]3O)c2O)cc1OC. The number of rotatable bonds is 10. The maximum Gasteiger partial charge on any atom is 0.331 e. The lowest BCUT2D eigenvalue weighted by molar-refractivity contribution is -0.240. The van der Waals surface area contributed by atoms with Crippen LogP contribution in [-0.2, 0) is 14.3 Å². The van der Waals surface area contributed by atoms with Crippen LogP contribution in [0, 0.1) is 0 Å². The largest absolute Gasteiger partial charge is 0.507 e. The van der Waals surface area contributed by atoms with E-state index in [1.54, 1.807) is 0 Å². The maximum atomic E-state index is 13.4. The third kappa shape index (κ3) is 6.43. The highest BCUT2D eigenvalue weighted by Gasteiger charge is 2.49. The molecule has 1 fully saturated rings. The predicted molar refractivity (Wildman–Crippen MR) is 156 cm³/mol. The Morgan fingerprint density at radius 2 is 1.48 bits per heavy atom. The van der Waals surface area contributed by atoms with E-state index in [4.69, 9.17) is 23.7 Å². The van der Waals surface area contributed by atoms with Gasteiger partial charge in [0.1, 0.15) is 47.2 Å². The molecule has 4 rings (SSSR count). The second-order valence-corrected chi connectivity index (χ2v) is 10.0. The van der Waals surface area contributed by atoms with Gasteiger partial charge in [-0.3, -0.25) is 4.79 Å². The summed E-state index contributed by atoms with van der Waals surface area (Å²) in [7, 11) is 3.98. The van der Waals surface area contributed by atoms with Crippen molar-refractivity contribution in [1.29, 1.82) is 0 Å². The highest BCUT2D eigenvalue weighted by molar-refractivity contribution is 6.13. The molecule has 1 heterocycles. The quantitative estimate of drug-likeness (QED) is 0.0670. The third-order valence-corrected chi connectivity index (χ3v) is 7.28. The molecule has 3 aromatic carbocycles. The molecule has 15 heteroatoms. The Bertz CT molecular complexity index is 1650. The minimum absolute atomic E-state index is 0.0562. The highest BCUT2D eigenvalue weighted by atomic mass is 16.6. The zero-order valence-corrected chi connectivity index (χ0v) is 24.6. The molecule has 0 bridgehead atoms. The normalized spacial score (nSPS) is 21.1. The first kappa shape index (κ1) is 33.7. The lowest BCUT2D eigenvalue weighted by atomic mass is 9.88. The van der Waals surface area contributed by atoms with Crippen LogP contribution in [0.2, 0.25) is 0 Å². The number of ketones is 1. The van der Waals surface area contributed by atoms with E-state index in [-0.39, 0.29) is 22.6 Å². The van der Waals surface area contributed by atoms with Gasteiger partial charge in [0.2, 0.25) is 11.5 Å². The number of hydrogen-bond donors (Lipinski definition) is 8. The van der Waals surface area contributed by atoms with Gasteiger partial charge in [-0.25, -0.2) is 4.79 Å². The van der Waals surface area contributed by atoms with Crippen molar-refractivity contribution in [3.63, 3.8) is 0 Å². The number of phenols is 5. The van der Waals surface area contributed by atoms with Gasteiger partial charge < -0.3 is 64.5 Å². The summed E-state index contributed by atoms with van der Waals surface area (Å²) in [6.45, 7) is -0.873. The summed E-state index contributed by atoms with van der Waals surface area (Å²) in [5, 5.41) is 83.7. The monoisotopic (exact) mass is 644 g/mol. The van der Waals surface area contributed by atoms with Gasteiger partial charge in [0.15, 0.2) is 29.1 Å². The maximum absolute atomic E-state index is 13.4. The lowest BCUT2D eigenvalue weighted by Gasteiger charge is -2.42. The molecule has 0 unspecified atom stereocenters. The molecule has 0 radical (unpaired) electrons. The summed E-state index contributed by atoms with van der Waals surface area (Å²) in [4.78, 5) is 26.0. The molecule has 46 heavy (non-hydrogen) atoms. The van der Waals surface area contributed by atoms with Crippen LogP contribution in [0.5, 0.6) is 46.0 Å². The number of aromatic hydroxyl groups is 5. The number of aliphatic hydroxyl groups is 3. The summed E-state index contributed by atoms with van der Waals surface area (Å²) in [5.74, 6) is -5.26. The van der Waals surface area contributed by atoms with E-state index in [2.05, 4.69) is 0 Å². The Balaban J connectivity index is 1.61. The Morgan fingerprint density at radius 1 is 0.804 bits per heavy atom. The summed E-state index contributed by atoms with van der Waals surface area (Å²) >= 11 is 0. The number of esters is 1. The lowest BCUT2D eigenvalue weighted by Crippen LogP contribution is -2.56. The van der Waals surface area contributed by atoms with Gasteiger partial charge in [-0.05, 0) is 42.0 Å². The molecule has 0 amide bonds. The van der Waals surface area contributed by atoms with E-state index >= 15 is 0 Å². The van der Waals surface area contributed by atoms with Crippen molar-refractivity contribution in [1.82, 2.24) is 0 Å². The number of benzene rings is 3. The molecule has 0 aliphatic carbocycles. The van der Waals surface area contributed by atoms with Crippen molar-refractivity contribution in [3.05, 3.63) is 64.7 Å². The molecular formula is C31H32O15. The van der Waals surface area contributed by atoms with Crippen LogP contribution in [0.4, 0.5) is 0 Å². The Morgan fingerprint density at radius 3 is 2.11 bits per heavy atom. The zero-order chi connectivity index (χ0) is 33.9. The van der Waals surface area contributed by atoms with E-state index in [0.717, 1.165) is 18.2 Å². The fraction of sp³-hybridized carbons (Fsp3) is 0.290. The second-order valence-electron chi connectivity index (χ2n) is 10.0. The third-order valence-electron chi connectivity index (χ3n) is 7.28. The minimum atomic E-state index is -2.01. The van der Waals surface area contributed by atoms with Crippen LogP contribution < -0.4 is 14.2 Å². The van der Waals surface area contributed by atoms with Crippen LogP contribution in [0.1, 0.15) is 33.2 Å². The number of hydrogen-bond acceptors (Lipinski definition) is 15. The smallest absolute Gasteiger partial charge is 0.331 e. The topological polar surface area (TPSA) is 242 Å². The summed E-state index contributed by atoms with van der Waals surface area (Å²) in [6, 6.07) is 7.21. The van der Waals surface area contributed by atoms with Gasteiger partial charge in [0.05, 0.1) is 33.5 Å². The van der Waals surface area contributed by atoms with Gasteiger partial charge in [-0.15, -0.1) is 0 Å². The Labute approximate surface area is 261 Å². The summed E-state index contributed by atoms with van der Waals surface area (Å²) in [5.41, 5.74) is -1.11. The van der Waals surface area contributed by atoms with Crippen molar-refractivity contribution >= 4 is 17.8 Å². The number of carbonyl (C=O) groups is 2. The fourth-order valence-corrected chi connectivity index (χ4v) is 4.96. The molecule has 0 spiro atoms. The van der Waals surface area contributed by atoms with Crippen molar-refractivity contribution in [2.45, 2.75) is 30.5 Å². The van der Waals surface area contributed by atoms with Gasteiger partial charge in [-0.2, -0.15) is 0 Å². The number of phenolic OH excluding ortho intramolecular Hbond substituents is 5. The van der Waals surface area contributed by atoms with E-state index in [1.807, 2.05) is 0 Å². The first-order chi connectivity index (χ1) is 21.9. The molecule has 246 valence electrons. The van der Waals surface area contributed by atoms with Crippen molar-refractivity contribution in [2.24, 2.45) is 0 Å². The molecular weight excluding hydrogens is 612 g/mol. The minimum Gasteiger partial charge on any atom is -0.507 e. The number of methoxy groups -OCH3 is 3. The predicted octanol–water partition coefficient (Wildman–Crippen LogP) is 1.25. The van der Waals surface area contributed by atoms with Crippen molar-refractivity contribution in [3.8, 4) is 46.0 Å². The van der Waals surface area contributed by atoms with Gasteiger partial charge in [0.25, 0.3) is 0 Å². The van der Waals surface area contributed by atoms with Crippen molar-refractivity contribution < 1.29 is 74.1 Å². The van der Waals surface area contributed by atoms with E-state index in [1.165, 1.54) is 51.7 Å². The van der Waals surface area contributed by atoms with Crippen LogP contribution in [0.25, 0.3) is 6.08 Å². The molecule has 0 saturated carbocycles. The molecule has 0 aromatic heterocycles. The van der Waals surface area contributed by atoms with Crippen LogP contribution in [-0.4, -0.2) is 105 Å². The molecule has 1 aliphatic heterocycles. The average molecular weight is 645 g/mol. The van der Waals surface area contributed by atoms with E-state index in [9.17, 15) is 50.4 Å². The van der Waals surface area contributed by atoms with Gasteiger partial charge >= 0.3 is 5.97 Å². The Hall–Kier alpha value is -5.22. The molecule has 1 aliphatic rings. The second kappa shape index (κ2) is 13.8. The van der Waals surface area contributed by atoms with Gasteiger partial charge in [-0.1, -0.05) is 0 Å². The summed E-state index contributed by atoms with van der Waals surface area (Å²) < 4.78 is 26.2. The first-order valence-electron chi connectivity index (χ1n) is 13.5. The molecule has 5 atom stereocenters. The van der Waals surface area contributed by atoms with Crippen LogP contribution in [0.3, 0.4) is 0 Å². The van der Waals surface area contributed by atoms with E-state index < -0.39 is 88.8 Å². The average Bonchev–Trinajstić information content (AvgIpc) is 3.03. The molecule has 8 N–H and O–H groups in total. The van der Waals surface area contributed by atoms with Gasteiger partial charge in [0, 0.05) is 17.7 Å². The molecule has 15 nitrogen and oxygen atoms in total. The summed E-state index contributed by atoms with van der Waals surface area (Å²) in [6.07, 6.45) is -6.84. The number of carbonyl (C=O) groups excluding carboxylic acids is 2. The van der Waals surface area contributed by atoms with E-state index in [0.29, 0.717) is 5.75 Å². The fourth-order valence-electron chi connectivity index (χ4n) is 4.96. The Kier molecular flexibility index (Phi) is 10.1. The molecule has 3 aromatic rings. The van der Waals surface area contributed by atoms with Crippen LogP contribution in [0.15, 0.2) is 42.5 Å². The number of aliphatic hydroxyl groups excluding tert-OH is 3. The highest BCUT2D eigenvalue weighted by Crippen LogP contribution is 2.47. The molecule has 1 saturated heterocycles. The zero-order valence-electron chi connectivity index (χ0n) is 24.6. The van der Waals surface area contributed by atoms with Crippen LogP contribution >= 0.6 is 0 Å². The van der Waals surface area contributed by atoms with Crippen molar-refractivity contribution in [2.75, 3.05) is 27.9 Å². The number of ether oxygens (including phenoxy) is 5. The standard InChI is InChI=1S/C31H32O15/c1-42-18-6-5-14(10-19(18)43-2)25(37)23-15(33)11-16(34)24(27(23)39)31-29(41)28(40)30(21(12-32)45-31)46-22(36)7-4-13-8-17(35)26(38)20(9-13)44-3/h4-11,21,28-35,38-41H,12H2,1-3H3/t21-,28-,29-,30-,31+/m1/s1.